The molecule has 1 heterocycles. The average molecular weight is 357 g/mol. The maximum Gasteiger partial charge on any atom is 0.278 e. The van der Waals surface area contributed by atoms with Crippen LogP contribution in [0.4, 0.5) is 5.69 Å². The van der Waals surface area contributed by atoms with Crippen molar-refractivity contribution >= 4 is 23.2 Å². The third kappa shape index (κ3) is 3.49. The van der Waals surface area contributed by atoms with Gasteiger partial charge in [0.2, 0.25) is 0 Å². The van der Waals surface area contributed by atoms with Crippen molar-refractivity contribution < 1.29 is 9.53 Å². The highest BCUT2D eigenvalue weighted by molar-refractivity contribution is 6.34. The molecule has 128 valence electrons. The average Bonchev–Trinajstić information content (AvgIpc) is 2.99. The van der Waals surface area contributed by atoms with Gasteiger partial charge in [0.1, 0.15) is 5.75 Å². The van der Waals surface area contributed by atoms with Gasteiger partial charge in [-0.2, -0.15) is 0 Å². The molecule has 6 nitrogen and oxygen atoms in total. The highest BCUT2D eigenvalue weighted by atomic mass is 35.5. The molecule has 0 aliphatic rings. The van der Waals surface area contributed by atoms with E-state index in [2.05, 4.69) is 15.6 Å². The van der Waals surface area contributed by atoms with E-state index in [0.717, 1.165) is 11.3 Å². The number of anilines is 1. The number of nitrogens with zero attached hydrogens (tertiary/aromatic N) is 3. The number of aromatic nitrogens is 3. The minimum atomic E-state index is -0.364. The molecule has 0 fully saturated rings. The van der Waals surface area contributed by atoms with Crippen molar-refractivity contribution in [2.45, 2.75) is 13.8 Å². The van der Waals surface area contributed by atoms with Gasteiger partial charge < -0.3 is 10.1 Å². The lowest BCUT2D eigenvalue weighted by molar-refractivity contribution is 0.102. The van der Waals surface area contributed by atoms with Crippen LogP contribution in [0.25, 0.3) is 5.69 Å². The highest BCUT2D eigenvalue weighted by Crippen LogP contribution is 2.24. The smallest absolute Gasteiger partial charge is 0.278 e. The first-order chi connectivity index (χ1) is 12.0. The Morgan fingerprint density at radius 1 is 1.20 bits per heavy atom. The molecular weight excluding hydrogens is 340 g/mol. The van der Waals surface area contributed by atoms with Gasteiger partial charge in [-0.15, -0.1) is 5.10 Å². The number of nitrogens with one attached hydrogen (secondary N) is 1. The number of halogens is 1. The lowest BCUT2D eigenvalue weighted by atomic mass is 10.2. The number of hydrogen-bond acceptors (Lipinski definition) is 4. The van der Waals surface area contributed by atoms with E-state index in [4.69, 9.17) is 16.3 Å². The normalized spacial score (nSPS) is 10.6. The molecule has 0 aliphatic carbocycles. The molecule has 0 atom stereocenters. The maximum absolute atomic E-state index is 12.5. The molecular formula is C18H17ClN4O2. The Balaban J connectivity index is 1.88. The predicted molar refractivity (Wildman–Crippen MR) is 96.8 cm³/mol. The summed E-state index contributed by atoms with van der Waals surface area (Å²) in [6, 6.07) is 12.8. The van der Waals surface area contributed by atoms with Gasteiger partial charge >= 0.3 is 0 Å². The second kappa shape index (κ2) is 6.94. The SMILES string of the molecule is COc1cccc(-n2nnc(C(=O)Nc3ccc(C)cc3Cl)c2C)c1. The molecule has 0 radical (unpaired) electrons. The van der Waals surface area contributed by atoms with Crippen LogP contribution in [0.5, 0.6) is 5.75 Å². The number of methoxy groups -OCH3 is 1. The lowest BCUT2D eigenvalue weighted by Crippen LogP contribution is -2.14. The molecule has 0 saturated heterocycles. The van der Waals surface area contributed by atoms with Gasteiger partial charge in [0.15, 0.2) is 5.69 Å². The second-order valence-corrected chi connectivity index (χ2v) is 5.98. The van der Waals surface area contributed by atoms with Gasteiger partial charge in [0, 0.05) is 6.07 Å². The first kappa shape index (κ1) is 17.0. The summed E-state index contributed by atoms with van der Waals surface area (Å²) < 4.78 is 6.81. The van der Waals surface area contributed by atoms with Gasteiger partial charge in [-0.25, -0.2) is 4.68 Å². The minimum Gasteiger partial charge on any atom is -0.497 e. The summed E-state index contributed by atoms with van der Waals surface area (Å²) in [4.78, 5) is 12.5. The molecule has 0 spiro atoms. The van der Waals surface area contributed by atoms with Crippen LogP contribution in [-0.4, -0.2) is 28.0 Å². The summed E-state index contributed by atoms with van der Waals surface area (Å²) in [6.45, 7) is 3.71. The fourth-order valence-corrected chi connectivity index (χ4v) is 2.71. The first-order valence-electron chi connectivity index (χ1n) is 7.64. The van der Waals surface area contributed by atoms with Crippen molar-refractivity contribution in [3.8, 4) is 11.4 Å². The number of benzene rings is 2. The van der Waals surface area contributed by atoms with Crippen molar-refractivity contribution in [1.82, 2.24) is 15.0 Å². The molecule has 0 unspecified atom stereocenters. The van der Waals surface area contributed by atoms with Gasteiger partial charge in [-0.1, -0.05) is 28.9 Å². The summed E-state index contributed by atoms with van der Waals surface area (Å²) >= 11 is 6.17. The number of ether oxygens (including phenoxy) is 1. The maximum atomic E-state index is 12.5. The number of aryl methyl sites for hydroxylation is 1. The monoisotopic (exact) mass is 356 g/mol. The van der Waals surface area contributed by atoms with E-state index >= 15 is 0 Å². The molecule has 1 amide bonds. The van der Waals surface area contributed by atoms with Crippen LogP contribution in [0.1, 0.15) is 21.7 Å². The molecule has 1 aromatic heterocycles. The summed E-state index contributed by atoms with van der Waals surface area (Å²) in [6.07, 6.45) is 0. The summed E-state index contributed by atoms with van der Waals surface area (Å²) in [5.74, 6) is 0.335. The van der Waals surface area contributed by atoms with Crippen molar-refractivity contribution in [2.24, 2.45) is 0 Å². The van der Waals surface area contributed by atoms with Crippen LogP contribution in [0.3, 0.4) is 0 Å². The third-order valence-corrected chi connectivity index (χ3v) is 4.09. The third-order valence-electron chi connectivity index (χ3n) is 3.78. The fraction of sp³-hybridized carbons (Fsp3) is 0.167. The Labute approximate surface area is 150 Å². The molecule has 0 aliphatic heterocycles. The van der Waals surface area contributed by atoms with Crippen molar-refractivity contribution in [1.29, 1.82) is 0 Å². The zero-order valence-corrected chi connectivity index (χ0v) is 14.8. The van der Waals surface area contributed by atoms with E-state index in [1.807, 2.05) is 37.3 Å². The van der Waals surface area contributed by atoms with E-state index < -0.39 is 0 Å². The minimum absolute atomic E-state index is 0.236. The van der Waals surface area contributed by atoms with E-state index in [0.29, 0.717) is 22.2 Å². The molecule has 0 saturated carbocycles. The Kier molecular flexibility index (Phi) is 4.72. The van der Waals surface area contributed by atoms with Crippen molar-refractivity contribution in [2.75, 3.05) is 12.4 Å². The number of hydrogen-bond donors (Lipinski definition) is 1. The molecule has 2 aromatic carbocycles. The quantitative estimate of drug-likeness (QED) is 0.772. The standard InChI is InChI=1S/C18H17ClN4O2/c1-11-7-8-16(15(19)9-11)20-18(24)17-12(2)23(22-21-17)13-5-4-6-14(10-13)25-3/h4-10H,1-3H3,(H,20,24). The zero-order valence-electron chi connectivity index (χ0n) is 14.1. The van der Waals surface area contributed by atoms with Gasteiger partial charge in [-0.3, -0.25) is 4.79 Å². The van der Waals surface area contributed by atoms with E-state index in [9.17, 15) is 4.79 Å². The van der Waals surface area contributed by atoms with Crippen LogP contribution in [-0.2, 0) is 0 Å². The number of carbonyl (C=O) groups excluding carboxylic acids is 1. The number of rotatable bonds is 4. The molecule has 0 bridgehead atoms. The van der Waals surface area contributed by atoms with Crippen LogP contribution in [0.2, 0.25) is 5.02 Å². The fourth-order valence-electron chi connectivity index (χ4n) is 2.43. The van der Waals surface area contributed by atoms with Gasteiger partial charge in [0.25, 0.3) is 5.91 Å². The number of amides is 1. The summed E-state index contributed by atoms with van der Waals surface area (Å²) in [7, 11) is 1.59. The van der Waals surface area contributed by atoms with Crippen LogP contribution < -0.4 is 10.1 Å². The Bertz CT molecular complexity index is 937. The molecule has 7 heteroatoms. The number of carbonyl (C=O) groups is 1. The Hall–Kier alpha value is -2.86. The molecule has 3 rings (SSSR count). The van der Waals surface area contributed by atoms with Gasteiger partial charge in [0.05, 0.1) is 29.2 Å². The molecule has 1 N–H and O–H groups in total. The summed E-state index contributed by atoms with van der Waals surface area (Å²) in [5, 5.41) is 11.3. The van der Waals surface area contributed by atoms with E-state index in [-0.39, 0.29) is 11.6 Å². The van der Waals surface area contributed by atoms with Crippen molar-refractivity contribution in [3.63, 3.8) is 0 Å². The predicted octanol–water partition coefficient (Wildman–Crippen LogP) is 3.80. The second-order valence-electron chi connectivity index (χ2n) is 5.57. The Morgan fingerprint density at radius 2 is 2.00 bits per heavy atom. The van der Waals surface area contributed by atoms with Gasteiger partial charge in [-0.05, 0) is 43.7 Å². The van der Waals surface area contributed by atoms with Crippen LogP contribution in [0.15, 0.2) is 42.5 Å². The van der Waals surface area contributed by atoms with Crippen LogP contribution in [0, 0.1) is 13.8 Å². The summed E-state index contributed by atoms with van der Waals surface area (Å²) in [5.41, 5.74) is 3.17. The molecule has 25 heavy (non-hydrogen) atoms. The molecule has 3 aromatic rings. The van der Waals surface area contributed by atoms with Crippen molar-refractivity contribution in [3.05, 3.63) is 64.4 Å². The lowest BCUT2D eigenvalue weighted by Gasteiger charge is -2.08. The van der Waals surface area contributed by atoms with E-state index in [1.165, 1.54) is 0 Å². The zero-order chi connectivity index (χ0) is 18.0. The highest BCUT2D eigenvalue weighted by Gasteiger charge is 2.18. The van der Waals surface area contributed by atoms with E-state index in [1.54, 1.807) is 30.8 Å². The van der Waals surface area contributed by atoms with Crippen LogP contribution >= 0.6 is 11.6 Å². The Morgan fingerprint density at radius 3 is 2.72 bits per heavy atom. The topological polar surface area (TPSA) is 69.0 Å². The first-order valence-corrected chi connectivity index (χ1v) is 8.01. The largest absolute Gasteiger partial charge is 0.497 e.